The molecular formula is C15H15NS. The number of rotatable bonds is 1. The first kappa shape index (κ1) is 10.7. The van der Waals surface area contributed by atoms with Gasteiger partial charge < -0.3 is 5.32 Å². The van der Waals surface area contributed by atoms with Gasteiger partial charge in [0.1, 0.15) is 0 Å². The lowest BCUT2D eigenvalue weighted by molar-refractivity contribution is 1.15. The van der Waals surface area contributed by atoms with Crippen LogP contribution in [0.15, 0.2) is 47.4 Å². The molecule has 0 fully saturated rings. The number of aryl methyl sites for hydroxylation is 1. The second-order valence-corrected chi connectivity index (χ2v) is 5.87. The summed E-state index contributed by atoms with van der Waals surface area (Å²) < 4.78 is 0. The van der Waals surface area contributed by atoms with Crippen molar-refractivity contribution in [3.63, 3.8) is 0 Å². The Hall–Kier alpha value is -1.41. The minimum absolute atomic E-state index is 0.484. The lowest BCUT2D eigenvalue weighted by Gasteiger charge is -2.06. The summed E-state index contributed by atoms with van der Waals surface area (Å²) in [7, 11) is 0. The van der Waals surface area contributed by atoms with Crippen LogP contribution in [-0.2, 0) is 0 Å². The minimum atomic E-state index is 0.484. The summed E-state index contributed by atoms with van der Waals surface area (Å²) in [4.78, 5) is 1.36. The molecule has 17 heavy (non-hydrogen) atoms. The number of thioether (sulfide) groups is 1. The van der Waals surface area contributed by atoms with Gasteiger partial charge in [0.2, 0.25) is 0 Å². The molecule has 0 saturated heterocycles. The van der Waals surface area contributed by atoms with E-state index < -0.39 is 0 Å². The second kappa shape index (κ2) is 4.11. The molecule has 0 aromatic heterocycles. The predicted molar refractivity (Wildman–Crippen MR) is 75.6 cm³/mol. The molecule has 1 nitrogen and oxygen atoms in total. The van der Waals surface area contributed by atoms with E-state index in [4.69, 9.17) is 0 Å². The summed E-state index contributed by atoms with van der Waals surface area (Å²) in [5, 5.41) is 3.97. The highest BCUT2D eigenvalue weighted by Gasteiger charge is 2.17. The van der Waals surface area contributed by atoms with Crippen molar-refractivity contribution in [1.82, 2.24) is 0 Å². The van der Waals surface area contributed by atoms with Crippen LogP contribution in [0, 0.1) is 6.92 Å². The lowest BCUT2D eigenvalue weighted by atomic mass is 10.0. The Morgan fingerprint density at radius 1 is 1.06 bits per heavy atom. The number of benzene rings is 2. The van der Waals surface area contributed by atoms with Gasteiger partial charge in [-0.1, -0.05) is 47.7 Å². The summed E-state index contributed by atoms with van der Waals surface area (Å²) in [6.07, 6.45) is 0. The molecule has 0 saturated carbocycles. The van der Waals surface area contributed by atoms with Gasteiger partial charge in [0.25, 0.3) is 0 Å². The number of fused-ring (bicyclic) bond motifs is 1. The fourth-order valence-corrected chi connectivity index (χ4v) is 3.15. The van der Waals surface area contributed by atoms with E-state index in [1.807, 2.05) is 11.8 Å². The van der Waals surface area contributed by atoms with Crippen molar-refractivity contribution in [3.05, 3.63) is 48.0 Å². The van der Waals surface area contributed by atoms with Crippen molar-refractivity contribution in [2.24, 2.45) is 0 Å². The Morgan fingerprint density at radius 3 is 2.71 bits per heavy atom. The van der Waals surface area contributed by atoms with Crippen molar-refractivity contribution in [3.8, 4) is 11.1 Å². The quantitative estimate of drug-likeness (QED) is 0.787. The molecule has 86 valence electrons. The number of hydrogen-bond donors (Lipinski definition) is 1. The van der Waals surface area contributed by atoms with Gasteiger partial charge in [-0.05, 0) is 37.1 Å². The largest absolute Gasteiger partial charge is 0.372 e. The third-order valence-corrected chi connectivity index (χ3v) is 4.07. The second-order valence-electron chi connectivity index (χ2n) is 4.48. The zero-order valence-corrected chi connectivity index (χ0v) is 10.8. The zero-order valence-electron chi connectivity index (χ0n) is 10.0. The van der Waals surface area contributed by atoms with Gasteiger partial charge in [-0.15, -0.1) is 0 Å². The molecule has 1 atom stereocenters. The van der Waals surface area contributed by atoms with Gasteiger partial charge >= 0.3 is 0 Å². The van der Waals surface area contributed by atoms with Crippen LogP contribution in [0.4, 0.5) is 5.69 Å². The first-order valence-corrected chi connectivity index (χ1v) is 6.74. The number of nitrogens with one attached hydrogen (secondary N) is 1. The molecule has 1 unspecified atom stereocenters. The highest BCUT2D eigenvalue weighted by Crippen LogP contribution is 2.40. The van der Waals surface area contributed by atoms with E-state index in [-0.39, 0.29) is 0 Å². The predicted octanol–water partition coefficient (Wildman–Crippen LogP) is 4.53. The van der Waals surface area contributed by atoms with Crippen molar-refractivity contribution in [1.29, 1.82) is 0 Å². The van der Waals surface area contributed by atoms with Gasteiger partial charge in [0.15, 0.2) is 0 Å². The lowest BCUT2D eigenvalue weighted by Crippen LogP contribution is -2.02. The fraction of sp³-hybridized carbons (Fsp3) is 0.200. The molecule has 1 N–H and O–H groups in total. The fourth-order valence-electron chi connectivity index (χ4n) is 2.19. The van der Waals surface area contributed by atoms with E-state index >= 15 is 0 Å². The molecular weight excluding hydrogens is 226 g/mol. The molecule has 1 heterocycles. The Morgan fingerprint density at radius 2 is 1.88 bits per heavy atom. The molecule has 2 heteroatoms. The summed E-state index contributed by atoms with van der Waals surface area (Å²) in [6, 6.07) is 15.3. The van der Waals surface area contributed by atoms with Gasteiger partial charge in [-0.2, -0.15) is 0 Å². The molecule has 0 spiro atoms. The molecule has 1 aliphatic rings. The monoisotopic (exact) mass is 241 g/mol. The van der Waals surface area contributed by atoms with E-state index in [2.05, 4.69) is 61.6 Å². The minimum Gasteiger partial charge on any atom is -0.372 e. The summed E-state index contributed by atoms with van der Waals surface area (Å²) in [6.45, 7) is 4.32. The maximum absolute atomic E-state index is 3.49. The normalized spacial score (nSPS) is 17.6. The summed E-state index contributed by atoms with van der Waals surface area (Å²) in [5.41, 5.74) is 5.15. The molecule has 2 aromatic carbocycles. The van der Waals surface area contributed by atoms with Crippen molar-refractivity contribution in [2.75, 3.05) is 5.32 Å². The van der Waals surface area contributed by atoms with Crippen LogP contribution in [0.2, 0.25) is 0 Å². The van der Waals surface area contributed by atoms with E-state index in [1.54, 1.807) is 0 Å². The highest BCUT2D eigenvalue weighted by atomic mass is 32.2. The highest BCUT2D eigenvalue weighted by molar-refractivity contribution is 8.00. The Kier molecular flexibility index (Phi) is 2.60. The van der Waals surface area contributed by atoms with Crippen LogP contribution in [0.25, 0.3) is 11.1 Å². The van der Waals surface area contributed by atoms with Crippen molar-refractivity contribution in [2.45, 2.75) is 24.1 Å². The van der Waals surface area contributed by atoms with Crippen molar-refractivity contribution >= 4 is 17.4 Å². The molecule has 1 aliphatic heterocycles. The molecule has 0 radical (unpaired) electrons. The third kappa shape index (κ3) is 2.05. The van der Waals surface area contributed by atoms with Crippen LogP contribution in [0.5, 0.6) is 0 Å². The van der Waals surface area contributed by atoms with Gasteiger partial charge in [-0.3, -0.25) is 0 Å². The average molecular weight is 241 g/mol. The van der Waals surface area contributed by atoms with Crippen LogP contribution in [0.1, 0.15) is 12.5 Å². The topological polar surface area (TPSA) is 12.0 Å². The molecule has 0 amide bonds. The summed E-state index contributed by atoms with van der Waals surface area (Å²) in [5.74, 6) is 0. The van der Waals surface area contributed by atoms with Crippen LogP contribution in [0.3, 0.4) is 0 Å². The van der Waals surface area contributed by atoms with Gasteiger partial charge in [-0.25, -0.2) is 0 Å². The van der Waals surface area contributed by atoms with Crippen molar-refractivity contribution < 1.29 is 0 Å². The SMILES string of the molecule is Cc1cccc(-c2ccc3c(c2)NC(C)S3)c1. The van der Waals surface area contributed by atoms with Crippen LogP contribution >= 0.6 is 11.8 Å². The molecule has 3 rings (SSSR count). The third-order valence-electron chi connectivity index (χ3n) is 2.99. The Bertz CT molecular complexity index is 563. The smallest absolute Gasteiger partial charge is 0.0741 e. The van der Waals surface area contributed by atoms with Crippen LogP contribution in [-0.4, -0.2) is 5.37 Å². The Balaban J connectivity index is 2.03. The maximum atomic E-state index is 3.49. The first-order valence-electron chi connectivity index (χ1n) is 5.87. The zero-order chi connectivity index (χ0) is 11.8. The van der Waals surface area contributed by atoms with Crippen LogP contribution < -0.4 is 5.32 Å². The summed E-state index contributed by atoms with van der Waals surface area (Å²) >= 11 is 1.89. The van der Waals surface area contributed by atoms with Gasteiger partial charge in [0.05, 0.1) is 5.37 Å². The van der Waals surface area contributed by atoms with E-state index in [0.29, 0.717) is 5.37 Å². The molecule has 0 aliphatic carbocycles. The van der Waals surface area contributed by atoms with E-state index in [0.717, 1.165) is 0 Å². The van der Waals surface area contributed by atoms with E-state index in [1.165, 1.54) is 27.3 Å². The van der Waals surface area contributed by atoms with E-state index in [9.17, 15) is 0 Å². The molecule has 2 aromatic rings. The maximum Gasteiger partial charge on any atom is 0.0741 e. The van der Waals surface area contributed by atoms with Gasteiger partial charge in [0, 0.05) is 10.6 Å². The Labute approximate surface area is 106 Å². The number of anilines is 1. The standard InChI is InChI=1S/C15H15NS/c1-10-4-3-5-12(8-10)13-6-7-15-14(9-13)16-11(2)17-15/h3-9,11,16H,1-2H3. The molecule has 0 bridgehead atoms. The average Bonchev–Trinajstić information content (AvgIpc) is 2.68. The first-order chi connectivity index (χ1) is 8.22. The number of hydrogen-bond acceptors (Lipinski definition) is 2.